The molecule has 0 saturated carbocycles. The lowest BCUT2D eigenvalue weighted by Crippen LogP contribution is -2.61. The molecule has 7 atom stereocenters. The normalized spacial score (nSPS) is 15.8. The molecule has 0 spiro atoms. The maximum Gasteiger partial charge on any atom is 0.322 e. The van der Waals surface area contributed by atoms with Crippen molar-refractivity contribution in [2.75, 3.05) is 26.2 Å². The van der Waals surface area contributed by atoms with Crippen LogP contribution in [-0.4, -0.2) is 164 Å². The van der Waals surface area contributed by atoms with Crippen molar-refractivity contribution < 1.29 is 53.1 Å². The molecule has 1 saturated heterocycles. The molecule has 0 aliphatic carbocycles. The molecular weight excluding hydrogens is 931 g/mol. The van der Waals surface area contributed by atoms with E-state index in [1.54, 1.807) is 13.8 Å². The quantitative estimate of drug-likeness (QED) is 0.0198. The number of aromatic nitrogens is 4. The Morgan fingerprint density at radius 2 is 1.31 bits per heavy atom. The average molecular weight is 1000 g/mol. The molecule has 71 heavy (non-hydrogen) atoms. The van der Waals surface area contributed by atoms with Crippen LogP contribution in [0.1, 0.15) is 84.0 Å². The van der Waals surface area contributed by atoms with E-state index in [0.717, 1.165) is 0 Å². The van der Waals surface area contributed by atoms with Gasteiger partial charge in [0.1, 0.15) is 42.8 Å². The Labute approximate surface area is 409 Å². The molecule has 18 N–H and O–H groups in total. The van der Waals surface area contributed by atoms with Crippen molar-refractivity contribution in [3.05, 3.63) is 36.4 Å². The number of hydrogen-bond donors (Lipinski definition) is 14. The highest BCUT2D eigenvalue weighted by atomic mass is 16.4. The molecule has 3 heterocycles. The van der Waals surface area contributed by atoms with E-state index in [2.05, 4.69) is 62.1 Å². The van der Waals surface area contributed by atoms with Crippen LogP contribution in [0, 0.1) is 11.8 Å². The first kappa shape index (κ1) is 57.7. The van der Waals surface area contributed by atoms with Gasteiger partial charge in [0.05, 0.1) is 25.2 Å². The summed E-state index contributed by atoms with van der Waals surface area (Å²) in [4.78, 5) is 151. The number of nitrogens with one attached hydrogen (secondary N) is 9. The molecule has 0 bridgehead atoms. The Morgan fingerprint density at radius 1 is 0.746 bits per heavy atom. The molecule has 2 aromatic heterocycles. The Kier molecular flexibility index (Phi) is 23.3. The van der Waals surface area contributed by atoms with Crippen molar-refractivity contribution in [3.63, 3.8) is 0 Å². The molecule has 0 unspecified atom stereocenters. The van der Waals surface area contributed by atoms with E-state index < -0.39 is 120 Å². The summed E-state index contributed by atoms with van der Waals surface area (Å²) < 4.78 is 0. The van der Waals surface area contributed by atoms with E-state index in [4.69, 9.17) is 28.0 Å². The van der Waals surface area contributed by atoms with Gasteiger partial charge in [0.15, 0.2) is 5.96 Å². The lowest BCUT2D eigenvalue weighted by atomic mass is 10.0. The van der Waals surface area contributed by atoms with Crippen LogP contribution in [-0.2, 0) is 60.8 Å². The summed E-state index contributed by atoms with van der Waals surface area (Å²) in [6, 6.07) is -8.74. The van der Waals surface area contributed by atoms with Crippen LogP contribution in [0.5, 0.6) is 0 Å². The molecule has 1 aliphatic heterocycles. The highest BCUT2D eigenvalue weighted by molar-refractivity contribution is 5.98. The summed E-state index contributed by atoms with van der Waals surface area (Å²) in [7, 11) is 0. The van der Waals surface area contributed by atoms with Gasteiger partial charge in [-0.3, -0.25) is 52.9 Å². The van der Waals surface area contributed by atoms with Gasteiger partial charge in [0.25, 0.3) is 0 Å². The molecule has 392 valence electrons. The Bertz CT molecular complexity index is 2160. The molecule has 3 rings (SSSR count). The van der Waals surface area contributed by atoms with Crippen LogP contribution in [0.3, 0.4) is 0 Å². The van der Waals surface area contributed by atoms with E-state index in [9.17, 15) is 47.9 Å². The van der Waals surface area contributed by atoms with Gasteiger partial charge >= 0.3 is 5.97 Å². The molecule has 0 aromatic carbocycles. The maximum absolute atomic E-state index is 14.4. The zero-order valence-electron chi connectivity index (χ0n) is 40.3. The first-order valence-electron chi connectivity index (χ1n) is 23.2. The summed E-state index contributed by atoms with van der Waals surface area (Å²) >= 11 is 0. The summed E-state index contributed by atoms with van der Waals surface area (Å²) in [5.74, 6) is -8.91. The number of carboxylic acids is 1. The number of rotatable bonds is 30. The number of likely N-dealkylation sites (tertiary alicyclic amines) is 1. The molecule has 2 aromatic rings. The first-order chi connectivity index (χ1) is 33.6. The maximum atomic E-state index is 14.4. The van der Waals surface area contributed by atoms with Crippen molar-refractivity contribution in [3.8, 4) is 0 Å². The minimum atomic E-state index is -1.48. The van der Waals surface area contributed by atoms with Gasteiger partial charge in [0.2, 0.25) is 53.2 Å². The fraction of sp³-hybridized carbons (Fsp3) is 0.605. The van der Waals surface area contributed by atoms with Gasteiger partial charge in [-0.2, -0.15) is 0 Å². The Balaban J connectivity index is 1.84. The topological polar surface area (TPSA) is 452 Å². The second-order valence-electron chi connectivity index (χ2n) is 17.8. The SMILES string of the molecule is CC(C)C[C@H](N)C(=O)N[C@@H](CCCN=C(N)N)C(=O)N[C@@H](CCC(N)=O)C(=O)N[C@@H](Cc1cnc[nH]1)C(=O)N[C@H](C(=O)N1CCC[C@H]1C(=O)N[C@@H](Cc1cnc[nH]1)C(=O)NCC(=O)NCC(=O)O)C(C)C. The van der Waals surface area contributed by atoms with E-state index in [1.165, 1.54) is 29.9 Å². The van der Waals surface area contributed by atoms with Gasteiger partial charge in [-0.15, -0.1) is 0 Å². The number of guanidine groups is 1. The van der Waals surface area contributed by atoms with Crippen LogP contribution in [0.2, 0.25) is 0 Å². The van der Waals surface area contributed by atoms with Gasteiger partial charge in [0, 0.05) is 56.1 Å². The predicted octanol–water partition coefficient (Wildman–Crippen LogP) is -5.00. The van der Waals surface area contributed by atoms with E-state index in [1.807, 2.05) is 13.8 Å². The zero-order valence-corrected chi connectivity index (χ0v) is 40.3. The van der Waals surface area contributed by atoms with Crippen LogP contribution < -0.4 is 60.2 Å². The minimum absolute atomic E-state index is 0.0146. The highest BCUT2D eigenvalue weighted by Gasteiger charge is 2.41. The third kappa shape index (κ3) is 20.1. The number of nitrogens with zero attached hydrogens (tertiary/aromatic N) is 4. The fourth-order valence-corrected chi connectivity index (χ4v) is 7.46. The van der Waals surface area contributed by atoms with E-state index >= 15 is 0 Å². The van der Waals surface area contributed by atoms with Crippen LogP contribution in [0.25, 0.3) is 0 Å². The van der Waals surface area contributed by atoms with Crippen molar-refractivity contribution in [1.82, 2.24) is 62.1 Å². The number of primary amides is 1. The molecule has 28 heteroatoms. The summed E-state index contributed by atoms with van der Waals surface area (Å²) in [6.45, 7) is 6.01. The first-order valence-corrected chi connectivity index (χ1v) is 23.2. The largest absolute Gasteiger partial charge is 0.480 e. The van der Waals surface area contributed by atoms with Crippen molar-refractivity contribution in [1.29, 1.82) is 0 Å². The number of carbonyl (C=O) groups excluding carboxylic acids is 9. The number of amides is 9. The number of nitrogens with two attached hydrogens (primary N) is 4. The molecule has 1 aliphatic rings. The third-order valence-electron chi connectivity index (χ3n) is 11.1. The average Bonchev–Trinajstić information content (AvgIpc) is 4.12. The highest BCUT2D eigenvalue weighted by Crippen LogP contribution is 2.21. The standard InChI is InChI=1S/C43H69N17O11/c1-22(2)13-26(44)36(65)55-27(7-5-11-50-43(46)47)38(67)56-28(9-10-32(45)61)39(68)57-30(15-25-17-49-21-54-25)40(69)59-35(23(3)4)42(71)60-12-6-8-31(60)41(70)58-29(14-24-16-48-20-53-24)37(66)52-18-33(62)51-19-34(63)64/h16-17,20-23,26-31,35H,5-15,18-19,44H2,1-4H3,(H2,45,61)(H,48,53)(H,49,54)(H,51,62)(H,52,66)(H,55,65)(H,56,67)(H,57,68)(H,58,70)(H,59,69)(H,63,64)(H4,46,47,50)/t26-,27-,28-,29-,30-,31-,35-/m0/s1. The Morgan fingerprint density at radius 3 is 1.85 bits per heavy atom. The van der Waals surface area contributed by atoms with Gasteiger partial charge < -0.3 is 80.1 Å². The van der Waals surface area contributed by atoms with E-state index in [0.29, 0.717) is 24.2 Å². The Hall–Kier alpha value is -7.65. The van der Waals surface area contributed by atoms with Crippen molar-refractivity contribution in [2.45, 2.75) is 128 Å². The zero-order chi connectivity index (χ0) is 52.8. The summed E-state index contributed by atoms with van der Waals surface area (Å²) in [5.41, 5.74) is 23.3. The second-order valence-corrected chi connectivity index (χ2v) is 17.8. The molecular formula is C43H69N17O11. The summed E-state index contributed by atoms with van der Waals surface area (Å²) in [5, 5.41) is 26.5. The second kappa shape index (κ2) is 28.7. The molecule has 1 fully saturated rings. The van der Waals surface area contributed by atoms with Gasteiger partial charge in [-0.25, -0.2) is 9.97 Å². The van der Waals surface area contributed by atoms with Crippen LogP contribution in [0.15, 0.2) is 30.0 Å². The minimum Gasteiger partial charge on any atom is -0.480 e. The number of H-pyrrole nitrogens is 2. The number of aliphatic imine (C=N–C) groups is 1. The number of aliphatic carboxylic acids is 1. The lowest BCUT2D eigenvalue weighted by Gasteiger charge is -2.32. The summed E-state index contributed by atoms with van der Waals surface area (Å²) in [6.07, 6.45) is 5.69. The monoisotopic (exact) mass is 1000 g/mol. The van der Waals surface area contributed by atoms with Crippen LogP contribution >= 0.6 is 0 Å². The number of aromatic amines is 2. The van der Waals surface area contributed by atoms with Gasteiger partial charge in [-0.1, -0.05) is 27.7 Å². The third-order valence-corrected chi connectivity index (χ3v) is 11.1. The predicted molar refractivity (Wildman–Crippen MR) is 253 cm³/mol. The molecule has 0 radical (unpaired) electrons. The van der Waals surface area contributed by atoms with Crippen molar-refractivity contribution >= 4 is 65.1 Å². The van der Waals surface area contributed by atoms with Crippen LogP contribution in [0.4, 0.5) is 0 Å². The smallest absolute Gasteiger partial charge is 0.322 e. The number of carbonyl (C=O) groups is 10. The number of hydrogen-bond acceptors (Lipinski definition) is 14. The van der Waals surface area contributed by atoms with E-state index in [-0.39, 0.29) is 69.9 Å². The number of imidazole rings is 2. The molecule has 28 nitrogen and oxygen atoms in total. The van der Waals surface area contributed by atoms with Gasteiger partial charge in [-0.05, 0) is 50.4 Å². The number of carboxylic acid groups (broad SMARTS) is 1. The lowest BCUT2D eigenvalue weighted by molar-refractivity contribution is -0.143. The molecule has 9 amide bonds. The fourth-order valence-electron chi connectivity index (χ4n) is 7.46. The van der Waals surface area contributed by atoms with Crippen molar-refractivity contribution in [2.24, 2.45) is 39.8 Å².